The van der Waals surface area contributed by atoms with Crippen molar-refractivity contribution in [3.8, 4) is 11.5 Å². The Labute approximate surface area is 207 Å². The van der Waals surface area contributed by atoms with Crippen LogP contribution in [-0.4, -0.2) is 44.6 Å². The van der Waals surface area contributed by atoms with Crippen molar-refractivity contribution in [1.82, 2.24) is 0 Å². The lowest BCUT2D eigenvalue weighted by molar-refractivity contribution is -0.0509. The number of para-hydroxylation sites is 1. The summed E-state index contributed by atoms with van der Waals surface area (Å²) < 4.78 is 0. The van der Waals surface area contributed by atoms with Crippen LogP contribution in [0.15, 0.2) is 59.7 Å². The minimum atomic E-state index is -1.10. The molecule has 0 aliphatic carbocycles. The van der Waals surface area contributed by atoms with Crippen LogP contribution in [0.1, 0.15) is 63.7 Å². The van der Waals surface area contributed by atoms with E-state index < -0.39 is 11.7 Å². The van der Waals surface area contributed by atoms with Gasteiger partial charge in [-0.2, -0.15) is 0 Å². The van der Waals surface area contributed by atoms with Crippen LogP contribution in [0.25, 0.3) is 0 Å². The number of aromatic hydroxyl groups is 2. The molecule has 1 aliphatic rings. The highest BCUT2D eigenvalue weighted by Gasteiger charge is 2.28. The third kappa shape index (κ3) is 6.65. The van der Waals surface area contributed by atoms with Crippen LogP contribution in [0, 0.1) is 0 Å². The van der Waals surface area contributed by atoms with Gasteiger partial charge in [0.1, 0.15) is 11.5 Å². The van der Waals surface area contributed by atoms with E-state index in [1.807, 2.05) is 19.9 Å². The molecule has 1 heterocycles. The Morgan fingerprint density at radius 3 is 2.51 bits per heavy atom. The van der Waals surface area contributed by atoms with Gasteiger partial charge in [0.15, 0.2) is 0 Å². The Balaban J connectivity index is 1.70. The number of carbonyl (C=O) groups excluding carboxylic acids is 1. The summed E-state index contributed by atoms with van der Waals surface area (Å²) in [5.41, 5.74) is 3.05. The molecule has 0 saturated carbocycles. The highest BCUT2D eigenvalue weighted by Crippen LogP contribution is 2.41. The molecule has 1 amide bonds. The number of amides is 1. The molecule has 0 spiro atoms. The van der Waals surface area contributed by atoms with Crippen molar-refractivity contribution in [3.63, 3.8) is 0 Å². The summed E-state index contributed by atoms with van der Waals surface area (Å²) >= 11 is 0. The minimum Gasteiger partial charge on any atom is -0.508 e. The fourth-order valence-electron chi connectivity index (χ4n) is 3.98. The molecule has 2 aromatic rings. The number of nitrogens with zero attached hydrogens (tertiary/aromatic N) is 1. The van der Waals surface area contributed by atoms with Crippen LogP contribution in [-0.2, 0) is 0 Å². The van der Waals surface area contributed by atoms with Gasteiger partial charge in [-0.25, -0.2) is 0 Å². The van der Waals surface area contributed by atoms with Gasteiger partial charge in [0.25, 0.3) is 5.91 Å². The van der Waals surface area contributed by atoms with Gasteiger partial charge >= 0.3 is 0 Å². The van der Waals surface area contributed by atoms with Crippen molar-refractivity contribution in [2.45, 2.75) is 65.1 Å². The average molecular weight is 481 g/mol. The summed E-state index contributed by atoms with van der Waals surface area (Å²) in [6, 6.07) is 9.60. The van der Waals surface area contributed by atoms with E-state index in [1.54, 1.807) is 43.0 Å². The fraction of sp³-hybridized carbons (Fsp3) is 0.393. The zero-order chi connectivity index (χ0) is 25.8. The second-order valence-electron chi connectivity index (χ2n) is 9.79. The lowest BCUT2D eigenvalue weighted by Gasteiger charge is -2.24. The van der Waals surface area contributed by atoms with Crippen LogP contribution >= 0.6 is 0 Å². The topological polar surface area (TPSA) is 113 Å². The molecule has 35 heavy (non-hydrogen) atoms. The molecular formula is C28H36N2O5. The third-order valence-corrected chi connectivity index (χ3v) is 6.33. The predicted octanol–water partition coefficient (Wildman–Crippen LogP) is 5.39. The second-order valence-corrected chi connectivity index (χ2v) is 9.79. The molecule has 0 saturated heterocycles. The summed E-state index contributed by atoms with van der Waals surface area (Å²) in [7, 11) is 0. The molecular weight excluding hydrogens is 444 g/mol. The van der Waals surface area contributed by atoms with Gasteiger partial charge in [0.2, 0.25) is 0 Å². The molecule has 1 aliphatic heterocycles. The third-order valence-electron chi connectivity index (χ3n) is 6.33. The standard InChI is InChI=1S/C28H36N2O5/c1-18(11-14-25(33)28(3,4)35)7-5-8-19(2)15-16-30-23-17-20(31)12-13-22(23)29-26-21(27(30)34)9-6-10-24(26)32/h6-7,9-10,12-13,15,17,25,29,31-33,35H,5,8,11,14,16H2,1-4H3/b18-7+,19-15+. The van der Waals surface area contributed by atoms with Crippen LogP contribution in [0.2, 0.25) is 0 Å². The largest absolute Gasteiger partial charge is 0.508 e. The Morgan fingerprint density at radius 1 is 1.09 bits per heavy atom. The van der Waals surface area contributed by atoms with Crippen molar-refractivity contribution >= 4 is 23.0 Å². The van der Waals surface area contributed by atoms with Crippen molar-refractivity contribution in [3.05, 3.63) is 65.3 Å². The first-order chi connectivity index (χ1) is 16.5. The fourth-order valence-corrected chi connectivity index (χ4v) is 3.98. The van der Waals surface area contributed by atoms with Gasteiger partial charge in [0, 0.05) is 12.6 Å². The summed E-state index contributed by atoms with van der Waals surface area (Å²) in [4.78, 5) is 15.0. The number of allylic oxidation sites excluding steroid dienone is 3. The highest BCUT2D eigenvalue weighted by atomic mass is 16.3. The van der Waals surface area contributed by atoms with E-state index in [0.717, 1.165) is 30.4 Å². The average Bonchev–Trinajstić information content (AvgIpc) is 2.90. The number of benzene rings is 2. The van der Waals surface area contributed by atoms with Crippen molar-refractivity contribution in [1.29, 1.82) is 0 Å². The van der Waals surface area contributed by atoms with Crippen molar-refractivity contribution in [2.75, 3.05) is 16.8 Å². The van der Waals surface area contributed by atoms with Crippen LogP contribution in [0.5, 0.6) is 11.5 Å². The number of hydrogen-bond acceptors (Lipinski definition) is 6. The molecule has 7 nitrogen and oxygen atoms in total. The number of phenols is 2. The zero-order valence-corrected chi connectivity index (χ0v) is 20.9. The molecule has 2 aromatic carbocycles. The SMILES string of the molecule is C/C(=C\CN1C(=O)c2cccc(O)c2Nc2ccc(O)cc21)CC/C=C(\C)CCC(O)C(C)(C)O. The first-order valence-corrected chi connectivity index (χ1v) is 11.9. The molecule has 7 heteroatoms. The molecule has 0 bridgehead atoms. The van der Waals surface area contributed by atoms with Gasteiger partial charge < -0.3 is 30.6 Å². The van der Waals surface area contributed by atoms with E-state index >= 15 is 0 Å². The molecule has 1 unspecified atom stereocenters. The zero-order valence-electron chi connectivity index (χ0n) is 20.9. The first-order valence-electron chi connectivity index (χ1n) is 11.9. The second kappa shape index (κ2) is 11.0. The number of carbonyl (C=O) groups is 1. The summed E-state index contributed by atoms with van der Waals surface area (Å²) in [6.45, 7) is 7.58. The van der Waals surface area contributed by atoms with E-state index in [0.29, 0.717) is 35.6 Å². The molecule has 3 rings (SSSR count). The van der Waals surface area contributed by atoms with Gasteiger partial charge in [-0.15, -0.1) is 0 Å². The van der Waals surface area contributed by atoms with E-state index in [9.17, 15) is 25.2 Å². The monoisotopic (exact) mass is 480 g/mol. The summed E-state index contributed by atoms with van der Waals surface area (Å²) in [6.07, 6.45) is 6.25. The Bertz CT molecular complexity index is 1130. The Morgan fingerprint density at radius 2 is 1.80 bits per heavy atom. The maximum absolute atomic E-state index is 13.4. The number of nitrogens with one attached hydrogen (secondary N) is 1. The molecule has 1 atom stereocenters. The van der Waals surface area contributed by atoms with Gasteiger partial charge in [-0.05, 0) is 77.6 Å². The van der Waals surface area contributed by atoms with Crippen molar-refractivity contribution in [2.24, 2.45) is 0 Å². The van der Waals surface area contributed by atoms with E-state index in [-0.39, 0.29) is 17.4 Å². The maximum atomic E-state index is 13.4. The Hall–Kier alpha value is -3.29. The number of hydrogen-bond donors (Lipinski definition) is 5. The molecule has 188 valence electrons. The van der Waals surface area contributed by atoms with Crippen LogP contribution < -0.4 is 10.2 Å². The maximum Gasteiger partial charge on any atom is 0.260 e. The lowest BCUT2D eigenvalue weighted by Crippen LogP contribution is -2.35. The molecule has 0 aromatic heterocycles. The van der Waals surface area contributed by atoms with Gasteiger partial charge in [-0.3, -0.25) is 4.79 Å². The normalized spacial score (nSPS) is 15.3. The number of phenolic OH excluding ortho intramolecular Hbond substituents is 2. The van der Waals surface area contributed by atoms with Gasteiger partial charge in [-0.1, -0.05) is 29.4 Å². The van der Waals surface area contributed by atoms with E-state index in [2.05, 4.69) is 11.4 Å². The number of aliphatic hydroxyl groups excluding tert-OH is 1. The van der Waals surface area contributed by atoms with Gasteiger partial charge in [0.05, 0.1) is 34.3 Å². The van der Waals surface area contributed by atoms with Crippen LogP contribution in [0.3, 0.4) is 0 Å². The van der Waals surface area contributed by atoms with Crippen molar-refractivity contribution < 1.29 is 25.2 Å². The molecule has 0 fully saturated rings. The quantitative estimate of drug-likeness (QED) is 0.187. The number of fused-ring (bicyclic) bond motifs is 2. The smallest absolute Gasteiger partial charge is 0.260 e. The summed E-state index contributed by atoms with van der Waals surface area (Å²) in [5.74, 6) is -0.229. The Kier molecular flexibility index (Phi) is 8.25. The highest BCUT2D eigenvalue weighted by molar-refractivity contribution is 6.14. The number of aliphatic hydroxyl groups is 2. The van der Waals surface area contributed by atoms with E-state index in [1.165, 1.54) is 12.1 Å². The minimum absolute atomic E-state index is 0.0133. The molecule has 5 N–H and O–H groups in total. The van der Waals surface area contributed by atoms with Crippen LogP contribution in [0.4, 0.5) is 17.1 Å². The lowest BCUT2D eigenvalue weighted by atomic mass is 9.95. The summed E-state index contributed by atoms with van der Waals surface area (Å²) in [5, 5.41) is 43.4. The molecule has 0 radical (unpaired) electrons. The number of rotatable bonds is 9. The predicted molar refractivity (Wildman–Crippen MR) is 139 cm³/mol. The number of anilines is 3. The van der Waals surface area contributed by atoms with E-state index in [4.69, 9.17) is 0 Å². The first kappa shape index (κ1) is 26.3.